The topological polar surface area (TPSA) is 25.8 Å². The highest BCUT2D eigenvalue weighted by atomic mass is 35.5. The maximum atomic E-state index is 6.46. The van der Waals surface area contributed by atoms with Crippen LogP contribution in [-0.4, -0.2) is 15.7 Å². The molecule has 120 valence electrons. The predicted octanol–water partition coefficient (Wildman–Crippen LogP) is 6.64. The Morgan fingerprint density at radius 1 is 1.17 bits per heavy atom. The van der Waals surface area contributed by atoms with Gasteiger partial charge >= 0.3 is 0 Å². The van der Waals surface area contributed by atoms with Crippen molar-refractivity contribution >= 4 is 44.9 Å². The molecule has 0 spiro atoms. The van der Waals surface area contributed by atoms with E-state index in [9.17, 15) is 0 Å². The fourth-order valence-corrected chi connectivity index (χ4v) is 4.48. The molecule has 5 heteroatoms. The Labute approximate surface area is 150 Å². The number of benzene rings is 1. The quantitative estimate of drug-likeness (QED) is 0.289. The number of nitrogens with zero attached hydrogens (tertiary/aromatic N) is 2. The van der Waals surface area contributed by atoms with Gasteiger partial charge in [-0.3, -0.25) is 0 Å². The summed E-state index contributed by atoms with van der Waals surface area (Å²) in [6.45, 7) is 6.56. The highest BCUT2D eigenvalue weighted by Gasteiger charge is 2.14. The molecule has 2 nitrogen and oxygen atoms in total. The maximum absolute atomic E-state index is 6.46. The highest BCUT2D eigenvalue weighted by molar-refractivity contribution is 7.99. The van der Waals surface area contributed by atoms with Gasteiger partial charge in [0.05, 0.1) is 5.39 Å². The van der Waals surface area contributed by atoms with Crippen molar-refractivity contribution in [3.8, 4) is 11.1 Å². The fourth-order valence-electron chi connectivity index (χ4n) is 2.40. The molecule has 2 heterocycles. The summed E-state index contributed by atoms with van der Waals surface area (Å²) in [7, 11) is 0. The van der Waals surface area contributed by atoms with Crippen LogP contribution < -0.4 is 0 Å². The van der Waals surface area contributed by atoms with Crippen molar-refractivity contribution in [3.63, 3.8) is 0 Å². The first kappa shape index (κ1) is 16.7. The Bertz CT molecular complexity index is 810. The molecule has 0 unspecified atom stereocenters. The lowest BCUT2D eigenvalue weighted by Gasteiger charge is -2.07. The number of thioether (sulfide) groups is 1. The second-order valence-corrected chi connectivity index (χ2v) is 8.03. The molecule has 0 N–H and O–H groups in total. The average molecular weight is 363 g/mol. The number of thiophene rings is 1. The van der Waals surface area contributed by atoms with Crippen LogP contribution in [-0.2, 0) is 0 Å². The molecule has 0 aliphatic carbocycles. The van der Waals surface area contributed by atoms with Crippen LogP contribution in [0.15, 0.2) is 34.8 Å². The first-order valence-electron chi connectivity index (χ1n) is 7.78. The predicted molar refractivity (Wildman–Crippen MR) is 103 cm³/mol. The Hall–Kier alpha value is -1.10. The maximum Gasteiger partial charge on any atom is 0.190 e. The van der Waals surface area contributed by atoms with Crippen molar-refractivity contribution in [3.05, 3.63) is 40.4 Å². The van der Waals surface area contributed by atoms with Crippen molar-refractivity contribution in [2.45, 2.75) is 38.3 Å². The van der Waals surface area contributed by atoms with Gasteiger partial charge in [0.1, 0.15) is 9.98 Å². The molecule has 0 fully saturated rings. The molecular formula is C18H19ClN2S2. The van der Waals surface area contributed by atoms with Crippen molar-refractivity contribution in [1.82, 2.24) is 9.97 Å². The van der Waals surface area contributed by atoms with E-state index in [-0.39, 0.29) is 0 Å². The smallest absolute Gasteiger partial charge is 0.190 e. The molecule has 0 atom stereocenters. The van der Waals surface area contributed by atoms with Gasteiger partial charge in [0.25, 0.3) is 0 Å². The number of hydrogen-bond acceptors (Lipinski definition) is 4. The third-order valence-corrected chi connectivity index (χ3v) is 5.89. The monoisotopic (exact) mass is 362 g/mol. The van der Waals surface area contributed by atoms with Gasteiger partial charge in [-0.05, 0) is 23.5 Å². The molecule has 0 radical (unpaired) electrons. The van der Waals surface area contributed by atoms with Crippen molar-refractivity contribution in [1.29, 1.82) is 0 Å². The minimum atomic E-state index is 0.535. The van der Waals surface area contributed by atoms with Gasteiger partial charge in [0.15, 0.2) is 5.16 Å². The van der Waals surface area contributed by atoms with Crippen LogP contribution in [0.4, 0.5) is 0 Å². The van der Waals surface area contributed by atoms with Gasteiger partial charge in [-0.15, -0.1) is 11.3 Å². The van der Waals surface area contributed by atoms with Crippen LogP contribution in [0.3, 0.4) is 0 Å². The van der Waals surface area contributed by atoms with Gasteiger partial charge in [0.2, 0.25) is 0 Å². The molecule has 0 amide bonds. The van der Waals surface area contributed by atoms with E-state index >= 15 is 0 Å². The van der Waals surface area contributed by atoms with E-state index < -0.39 is 0 Å². The lowest BCUT2D eigenvalue weighted by Crippen LogP contribution is -1.90. The molecule has 3 rings (SSSR count). The molecule has 0 saturated carbocycles. The highest BCUT2D eigenvalue weighted by Crippen LogP contribution is 2.38. The van der Waals surface area contributed by atoms with E-state index in [0.717, 1.165) is 33.1 Å². The van der Waals surface area contributed by atoms with E-state index in [1.807, 2.05) is 0 Å². The number of rotatable bonds is 5. The molecular weight excluding hydrogens is 344 g/mol. The Morgan fingerprint density at radius 3 is 2.57 bits per heavy atom. The number of aromatic nitrogens is 2. The van der Waals surface area contributed by atoms with E-state index in [4.69, 9.17) is 11.6 Å². The normalized spacial score (nSPS) is 11.5. The summed E-state index contributed by atoms with van der Waals surface area (Å²) in [5, 5.41) is 4.42. The number of hydrogen-bond donors (Lipinski definition) is 0. The Morgan fingerprint density at radius 2 is 1.91 bits per heavy atom. The first-order valence-corrected chi connectivity index (χ1v) is 10.0. The van der Waals surface area contributed by atoms with Crippen LogP contribution in [0.2, 0.25) is 5.15 Å². The molecule has 0 bridgehead atoms. The minimum absolute atomic E-state index is 0.535. The zero-order valence-electron chi connectivity index (χ0n) is 13.5. The summed E-state index contributed by atoms with van der Waals surface area (Å²) < 4.78 is 0. The van der Waals surface area contributed by atoms with Crippen LogP contribution in [0.5, 0.6) is 0 Å². The molecule has 0 saturated heterocycles. The van der Waals surface area contributed by atoms with Crippen molar-refractivity contribution < 1.29 is 0 Å². The summed E-state index contributed by atoms with van der Waals surface area (Å²) in [6, 6.07) is 8.69. The van der Waals surface area contributed by atoms with E-state index in [0.29, 0.717) is 11.1 Å². The van der Waals surface area contributed by atoms with Crippen LogP contribution >= 0.6 is 34.7 Å². The third-order valence-electron chi connectivity index (χ3n) is 3.69. The second-order valence-electron chi connectivity index (χ2n) is 5.75. The van der Waals surface area contributed by atoms with Gasteiger partial charge in [-0.25, -0.2) is 9.97 Å². The number of halogens is 1. The van der Waals surface area contributed by atoms with E-state index in [1.54, 1.807) is 23.1 Å². The molecule has 0 aliphatic rings. The number of fused-ring (bicyclic) bond motifs is 1. The summed E-state index contributed by atoms with van der Waals surface area (Å²) in [6.07, 6.45) is 1.10. The first-order chi connectivity index (χ1) is 11.1. The zero-order valence-corrected chi connectivity index (χ0v) is 15.9. The SMILES string of the molecule is CCCSc1nc(Cl)c2c(-c3ccc(C(C)C)cc3)csc2n1. The summed E-state index contributed by atoms with van der Waals surface area (Å²) >= 11 is 9.75. The molecule has 2 aromatic heterocycles. The van der Waals surface area contributed by atoms with Gasteiger partial charge in [0, 0.05) is 16.7 Å². The standard InChI is InChI=1S/C18H19ClN2S2/c1-4-9-22-18-20-16(19)15-14(10-23-17(15)21-18)13-7-5-12(6-8-13)11(2)3/h5-8,10-11H,4,9H2,1-3H3. The molecule has 0 aliphatic heterocycles. The van der Waals surface area contributed by atoms with Crippen molar-refractivity contribution in [2.75, 3.05) is 5.75 Å². The van der Waals surface area contributed by atoms with Crippen LogP contribution in [0, 0.1) is 0 Å². The van der Waals surface area contributed by atoms with Crippen molar-refractivity contribution in [2.24, 2.45) is 0 Å². The summed E-state index contributed by atoms with van der Waals surface area (Å²) in [4.78, 5) is 10.1. The van der Waals surface area contributed by atoms with Gasteiger partial charge in [-0.1, -0.05) is 68.4 Å². The molecule has 1 aromatic carbocycles. The largest absolute Gasteiger partial charge is 0.211 e. The average Bonchev–Trinajstić information content (AvgIpc) is 2.97. The van der Waals surface area contributed by atoms with E-state index in [1.165, 1.54) is 11.1 Å². The zero-order chi connectivity index (χ0) is 16.4. The minimum Gasteiger partial charge on any atom is -0.211 e. The van der Waals surface area contributed by atoms with Gasteiger partial charge < -0.3 is 0 Å². The van der Waals surface area contributed by atoms with Crippen LogP contribution in [0.1, 0.15) is 38.7 Å². The lowest BCUT2D eigenvalue weighted by atomic mass is 9.99. The lowest BCUT2D eigenvalue weighted by molar-refractivity contribution is 0.867. The third kappa shape index (κ3) is 3.54. The van der Waals surface area contributed by atoms with Crippen LogP contribution in [0.25, 0.3) is 21.3 Å². The Balaban J connectivity index is 2.01. The Kier molecular flexibility index (Phi) is 5.24. The fraction of sp³-hybridized carbons (Fsp3) is 0.333. The summed E-state index contributed by atoms with van der Waals surface area (Å²) in [5.41, 5.74) is 3.63. The second kappa shape index (κ2) is 7.20. The summed E-state index contributed by atoms with van der Waals surface area (Å²) in [5.74, 6) is 1.55. The van der Waals surface area contributed by atoms with Gasteiger partial charge in [-0.2, -0.15) is 0 Å². The molecule has 3 aromatic rings. The molecule has 23 heavy (non-hydrogen) atoms. The van der Waals surface area contributed by atoms with E-state index in [2.05, 4.69) is 60.4 Å².